The van der Waals surface area contributed by atoms with Gasteiger partial charge in [-0.25, -0.2) is 0 Å². The first kappa shape index (κ1) is 18.3. The van der Waals surface area contributed by atoms with Crippen molar-refractivity contribution in [2.75, 3.05) is 0 Å². The molecule has 1 unspecified atom stereocenters. The molecule has 0 aromatic heterocycles. The fraction of sp³-hybridized carbons (Fsp3) is 0.214. The number of allylic oxidation sites excluding steroid dienone is 3. The second-order valence-electron chi connectivity index (χ2n) is 4.35. The van der Waals surface area contributed by atoms with E-state index in [9.17, 15) is 10.1 Å². The highest BCUT2D eigenvalue weighted by atomic mass is 32.1. The van der Waals surface area contributed by atoms with Gasteiger partial charge in [0.25, 0.3) is 5.70 Å². The topological polar surface area (TPSA) is 101 Å². The maximum Gasteiger partial charge on any atom is 0.692 e. The minimum Gasteiger partial charge on any atom is -0.258 e. The summed E-state index contributed by atoms with van der Waals surface area (Å²) in [5, 5.41) is 11.1. The van der Waals surface area contributed by atoms with Crippen LogP contribution in [-0.2, 0) is 4.57 Å². The van der Waals surface area contributed by atoms with Crippen molar-refractivity contribution in [3.8, 4) is 0 Å². The highest BCUT2D eigenvalue weighted by Crippen LogP contribution is 2.34. The Morgan fingerprint density at radius 1 is 1.27 bits per heavy atom. The summed E-state index contributed by atoms with van der Waals surface area (Å²) in [4.78, 5) is 25.7. The summed E-state index contributed by atoms with van der Waals surface area (Å²) < 4.78 is 8.70. The molecule has 1 aromatic rings. The van der Waals surface area contributed by atoms with Crippen LogP contribution in [0.1, 0.15) is 24.8 Å². The van der Waals surface area contributed by atoms with Crippen molar-refractivity contribution in [3.63, 3.8) is 0 Å². The van der Waals surface area contributed by atoms with Crippen molar-refractivity contribution in [1.82, 2.24) is 0 Å². The van der Waals surface area contributed by atoms with Crippen molar-refractivity contribution >= 4 is 25.3 Å². The van der Waals surface area contributed by atoms with Gasteiger partial charge in [-0.2, -0.15) is 0 Å². The fourth-order valence-electron chi connectivity index (χ4n) is 2.26. The first-order valence-corrected chi connectivity index (χ1v) is 7.95. The van der Waals surface area contributed by atoms with E-state index in [4.69, 9.17) is 26.6 Å². The average molecular weight is 340 g/mol. The van der Waals surface area contributed by atoms with Gasteiger partial charge in [0, 0.05) is 27.0 Å². The van der Waals surface area contributed by atoms with Crippen molar-refractivity contribution < 1.29 is 19.3 Å². The molecule has 0 radical (unpaired) electrons. The lowest BCUT2D eigenvalue weighted by molar-refractivity contribution is -0.420. The van der Waals surface area contributed by atoms with Crippen LogP contribution in [0.5, 0.6) is 0 Å². The zero-order chi connectivity index (χ0) is 16.7. The van der Waals surface area contributed by atoms with E-state index >= 15 is 0 Å². The van der Waals surface area contributed by atoms with Gasteiger partial charge < -0.3 is 0 Å². The smallest absolute Gasteiger partial charge is 0.258 e. The summed E-state index contributed by atoms with van der Waals surface area (Å²) >= 11 is 5.35. The number of nitrogens with zero attached hydrogens (tertiary/aromatic N) is 1. The molecule has 0 fully saturated rings. The molecule has 1 atom stereocenters. The normalized spacial score (nSPS) is 16.9. The molecular weight excluding hydrogens is 325 g/mol. The zero-order valence-corrected chi connectivity index (χ0v) is 13.5. The summed E-state index contributed by atoms with van der Waals surface area (Å²) in [6, 6.07) is 9.70. The van der Waals surface area contributed by atoms with Gasteiger partial charge in [-0.05, 0) is 18.1 Å². The summed E-state index contributed by atoms with van der Waals surface area (Å²) in [6.07, 6.45) is 3.81. The molecule has 22 heavy (non-hydrogen) atoms. The second kappa shape index (κ2) is 8.60. The molecule has 1 aliphatic carbocycles. The molecule has 1 aromatic carbocycles. The van der Waals surface area contributed by atoms with Gasteiger partial charge >= 0.3 is 8.25 Å². The SMILES string of the molecule is CCC1=C([N+](=O)[O-])C=CC(=S)C1c1ccccc1.O=[P+](O)O. The number of thiocarbonyl (C=S) groups is 1. The molecule has 2 N–H and O–H groups in total. The van der Waals surface area contributed by atoms with Gasteiger partial charge in [0.2, 0.25) is 0 Å². The Morgan fingerprint density at radius 2 is 1.82 bits per heavy atom. The summed E-state index contributed by atoms with van der Waals surface area (Å²) in [5.74, 6) is -0.142. The van der Waals surface area contributed by atoms with Crippen molar-refractivity contribution in [1.29, 1.82) is 0 Å². The van der Waals surface area contributed by atoms with Crippen molar-refractivity contribution in [3.05, 3.63) is 69.4 Å². The molecule has 1 aliphatic rings. The molecule has 0 heterocycles. The van der Waals surface area contributed by atoms with Gasteiger partial charge in [-0.3, -0.25) is 10.1 Å². The third-order valence-corrected chi connectivity index (χ3v) is 3.45. The highest BCUT2D eigenvalue weighted by Gasteiger charge is 2.29. The quantitative estimate of drug-likeness (QED) is 0.379. The van der Waals surface area contributed by atoms with Crippen molar-refractivity contribution in [2.45, 2.75) is 19.3 Å². The monoisotopic (exact) mass is 340 g/mol. The van der Waals surface area contributed by atoms with Gasteiger partial charge in [-0.1, -0.05) is 49.5 Å². The van der Waals surface area contributed by atoms with Crippen LogP contribution in [0.4, 0.5) is 0 Å². The van der Waals surface area contributed by atoms with Crippen LogP contribution in [-0.4, -0.2) is 19.6 Å². The van der Waals surface area contributed by atoms with Gasteiger partial charge in [0.05, 0.1) is 4.92 Å². The molecule has 8 heteroatoms. The van der Waals surface area contributed by atoms with Crippen LogP contribution in [0.25, 0.3) is 0 Å². The molecule has 0 saturated carbocycles. The third kappa shape index (κ3) is 4.89. The molecule has 6 nitrogen and oxygen atoms in total. The average Bonchev–Trinajstić information content (AvgIpc) is 2.46. The van der Waals surface area contributed by atoms with Gasteiger partial charge in [-0.15, -0.1) is 9.79 Å². The lowest BCUT2D eigenvalue weighted by Crippen LogP contribution is -2.18. The Kier molecular flexibility index (Phi) is 7.14. The molecular formula is C14H15NO5PS+. The van der Waals surface area contributed by atoms with Crippen LogP contribution in [0.2, 0.25) is 0 Å². The fourth-order valence-corrected chi connectivity index (χ4v) is 2.60. The number of benzene rings is 1. The van der Waals surface area contributed by atoms with E-state index in [1.807, 2.05) is 37.3 Å². The number of rotatable bonds is 3. The predicted octanol–water partition coefficient (Wildman–Crippen LogP) is 3.28. The Bertz CT molecular complexity index is 638. The van der Waals surface area contributed by atoms with Gasteiger partial charge in [0.1, 0.15) is 0 Å². The first-order chi connectivity index (χ1) is 10.4. The number of hydrogen-bond donors (Lipinski definition) is 2. The lowest BCUT2D eigenvalue weighted by Gasteiger charge is -2.22. The van der Waals surface area contributed by atoms with Gasteiger partial charge in [0.15, 0.2) is 0 Å². The zero-order valence-electron chi connectivity index (χ0n) is 11.7. The standard InChI is InChI=1S/C14H13NO2S.HO3P/c1-2-11-12(15(16)17)8-9-13(18)14(11)10-6-4-3-5-7-10;1-4(2)3/h3-9,14H,2H2,1H3;(H-,1,2,3)/p+1. The molecule has 0 saturated heterocycles. The summed E-state index contributed by atoms with van der Waals surface area (Å²) in [6.45, 7) is 1.93. The van der Waals surface area contributed by atoms with E-state index in [1.165, 1.54) is 6.08 Å². The van der Waals surface area contributed by atoms with E-state index in [1.54, 1.807) is 6.08 Å². The first-order valence-electron chi connectivity index (χ1n) is 6.37. The number of nitro groups is 1. The maximum atomic E-state index is 11.1. The van der Waals surface area contributed by atoms with Crippen molar-refractivity contribution in [2.24, 2.45) is 0 Å². The van der Waals surface area contributed by atoms with E-state index in [-0.39, 0.29) is 16.5 Å². The van der Waals surface area contributed by atoms with Crippen LogP contribution in [0.3, 0.4) is 0 Å². The van der Waals surface area contributed by atoms with E-state index < -0.39 is 8.25 Å². The van der Waals surface area contributed by atoms with E-state index in [2.05, 4.69) is 0 Å². The Morgan fingerprint density at radius 3 is 2.27 bits per heavy atom. The molecule has 0 aliphatic heterocycles. The molecule has 116 valence electrons. The van der Waals surface area contributed by atoms with Crippen LogP contribution in [0, 0.1) is 10.1 Å². The molecule has 0 amide bonds. The summed E-state index contributed by atoms with van der Waals surface area (Å²) in [5.41, 5.74) is 1.99. The molecule has 2 rings (SSSR count). The minimum atomic E-state index is -2.87. The predicted molar refractivity (Wildman–Crippen MR) is 87.3 cm³/mol. The van der Waals surface area contributed by atoms with E-state index in [0.717, 1.165) is 16.0 Å². The van der Waals surface area contributed by atoms with E-state index in [0.29, 0.717) is 6.42 Å². The number of hydrogen-bond acceptors (Lipinski definition) is 4. The highest BCUT2D eigenvalue weighted by molar-refractivity contribution is 7.80. The summed E-state index contributed by atoms with van der Waals surface area (Å²) in [7, 11) is -2.87. The molecule has 0 spiro atoms. The lowest BCUT2D eigenvalue weighted by atomic mass is 9.82. The molecule has 0 bridgehead atoms. The second-order valence-corrected chi connectivity index (χ2v) is 5.33. The Labute approximate surface area is 133 Å². The van der Waals surface area contributed by atoms with Crippen LogP contribution < -0.4 is 0 Å². The minimum absolute atomic E-state index is 0.142. The Hall–Kier alpha value is -1.79. The van der Waals surface area contributed by atoms with Crippen LogP contribution >= 0.6 is 20.5 Å². The third-order valence-electron chi connectivity index (χ3n) is 3.08. The largest absolute Gasteiger partial charge is 0.692 e. The Balaban J connectivity index is 0.000000541. The van der Waals surface area contributed by atoms with Crippen LogP contribution in [0.15, 0.2) is 53.8 Å². The maximum absolute atomic E-state index is 11.1.